The van der Waals surface area contributed by atoms with E-state index in [2.05, 4.69) is 46.2 Å². The van der Waals surface area contributed by atoms with Crippen molar-refractivity contribution in [1.82, 2.24) is 19.4 Å². The van der Waals surface area contributed by atoms with Gasteiger partial charge in [0.05, 0.1) is 18.4 Å². The Kier molecular flexibility index (Phi) is 7.89. The number of aromatic hydroxyl groups is 1. The fourth-order valence-electron chi connectivity index (χ4n) is 4.84. The molecule has 9 heteroatoms. The van der Waals surface area contributed by atoms with Crippen molar-refractivity contribution in [2.75, 3.05) is 51.6 Å². The van der Waals surface area contributed by atoms with E-state index in [9.17, 15) is 9.90 Å². The number of methoxy groups -OCH3 is 1. The van der Waals surface area contributed by atoms with Crippen LogP contribution in [0.4, 0.5) is 17.3 Å². The number of hydrogen-bond acceptors (Lipinski definition) is 8. The van der Waals surface area contributed by atoms with Gasteiger partial charge in [-0.05, 0) is 50.0 Å². The number of phenolic OH excluding ortho intramolecular Hbond substituents is 1. The fourth-order valence-corrected chi connectivity index (χ4v) is 4.84. The Morgan fingerprint density at radius 1 is 0.976 bits per heavy atom. The highest BCUT2D eigenvalue weighted by molar-refractivity contribution is 6.00. The predicted octanol–water partition coefficient (Wildman–Crippen LogP) is 5.57. The van der Waals surface area contributed by atoms with Crippen LogP contribution >= 0.6 is 0 Å². The molecule has 0 aliphatic carbocycles. The first-order valence-electron chi connectivity index (χ1n) is 13.3. The largest absolute Gasteiger partial charge is 0.507 e. The third-order valence-electron chi connectivity index (χ3n) is 7.19. The summed E-state index contributed by atoms with van der Waals surface area (Å²) in [5, 5.41) is 15.2. The third-order valence-corrected chi connectivity index (χ3v) is 7.19. The Hall–Kier alpha value is -4.89. The van der Waals surface area contributed by atoms with Crippen LogP contribution in [0, 0.1) is 0 Å². The van der Waals surface area contributed by atoms with Crippen LogP contribution in [0.15, 0.2) is 73.2 Å². The smallest absolute Gasteiger partial charge is 0.227 e. The van der Waals surface area contributed by atoms with Crippen LogP contribution in [0.5, 0.6) is 11.5 Å². The molecule has 5 rings (SSSR count). The number of carbonyl (C=O) groups is 1. The van der Waals surface area contributed by atoms with Crippen LogP contribution in [0.25, 0.3) is 33.2 Å². The number of nitrogens with one attached hydrogen (secondary N) is 1. The molecule has 9 nitrogen and oxygen atoms in total. The highest BCUT2D eigenvalue weighted by Crippen LogP contribution is 2.40. The number of fused-ring (bicyclic) bond motifs is 1. The zero-order chi connectivity index (χ0) is 29.1. The minimum absolute atomic E-state index is 0.0535. The SMILES string of the molecule is COc1cc(N(C)CCN(C)C)ccc1Nc1ncc(-c2cc(C=O)c(O)c(-c3cn(C)c4ccccc34)c2)cn1. The number of para-hydroxylation sites is 1. The van der Waals surface area contributed by atoms with Crippen LogP contribution in [-0.2, 0) is 7.05 Å². The first kappa shape index (κ1) is 27.7. The van der Waals surface area contributed by atoms with Crippen LogP contribution in [-0.4, -0.2) is 72.2 Å². The summed E-state index contributed by atoms with van der Waals surface area (Å²) in [7, 11) is 9.76. The van der Waals surface area contributed by atoms with Gasteiger partial charge in [-0.25, -0.2) is 9.97 Å². The standard InChI is InChI=1S/C32H34N6O3/c1-36(2)12-13-37(3)24-10-11-28(30(16-24)41-5)35-32-33-17-23(18-34-32)21-14-22(20-39)31(40)26(15-21)27-19-38(4)29-9-7-6-8-25(27)29/h6-11,14-20,40H,12-13H2,1-5H3,(H,33,34,35). The monoisotopic (exact) mass is 550 g/mol. The Balaban J connectivity index is 1.42. The summed E-state index contributed by atoms with van der Waals surface area (Å²) in [6.45, 7) is 1.83. The van der Waals surface area contributed by atoms with E-state index in [1.165, 1.54) is 0 Å². The normalized spacial score (nSPS) is 11.2. The Morgan fingerprint density at radius 3 is 2.44 bits per heavy atom. The minimum Gasteiger partial charge on any atom is -0.507 e. The van der Waals surface area contributed by atoms with Crippen molar-refractivity contribution < 1.29 is 14.6 Å². The second kappa shape index (κ2) is 11.7. The van der Waals surface area contributed by atoms with E-state index in [1.807, 2.05) is 66.3 Å². The summed E-state index contributed by atoms with van der Waals surface area (Å²) in [6, 6.07) is 17.4. The van der Waals surface area contributed by atoms with Gasteiger partial charge in [0.25, 0.3) is 0 Å². The average molecular weight is 551 g/mol. The summed E-state index contributed by atoms with van der Waals surface area (Å²) < 4.78 is 7.64. The summed E-state index contributed by atoms with van der Waals surface area (Å²) in [5.41, 5.74) is 5.88. The van der Waals surface area contributed by atoms with Gasteiger partial charge in [0.15, 0.2) is 6.29 Å². The lowest BCUT2D eigenvalue weighted by molar-refractivity contribution is 0.112. The third kappa shape index (κ3) is 5.71. The molecule has 210 valence electrons. The Labute approximate surface area is 239 Å². The number of carbonyl (C=O) groups excluding carboxylic acids is 1. The van der Waals surface area contributed by atoms with Crippen molar-refractivity contribution in [2.45, 2.75) is 0 Å². The molecule has 0 aliphatic rings. The van der Waals surface area contributed by atoms with Gasteiger partial charge in [0.2, 0.25) is 5.95 Å². The molecule has 0 radical (unpaired) electrons. The molecule has 0 amide bonds. The van der Waals surface area contributed by atoms with Gasteiger partial charge in [0, 0.05) is 85.1 Å². The number of rotatable bonds is 10. The highest BCUT2D eigenvalue weighted by atomic mass is 16.5. The average Bonchev–Trinajstić information content (AvgIpc) is 3.32. The zero-order valence-electron chi connectivity index (χ0n) is 23.9. The quantitative estimate of drug-likeness (QED) is 0.218. The van der Waals surface area contributed by atoms with E-state index in [0.29, 0.717) is 29.1 Å². The van der Waals surface area contributed by atoms with Crippen molar-refractivity contribution in [1.29, 1.82) is 0 Å². The maximum atomic E-state index is 11.9. The molecule has 0 bridgehead atoms. The van der Waals surface area contributed by atoms with E-state index in [-0.39, 0.29) is 11.3 Å². The lowest BCUT2D eigenvalue weighted by Crippen LogP contribution is -2.28. The van der Waals surface area contributed by atoms with Gasteiger partial charge < -0.3 is 29.5 Å². The van der Waals surface area contributed by atoms with Crippen molar-refractivity contribution in [3.8, 4) is 33.8 Å². The molecule has 2 N–H and O–H groups in total. The number of hydrogen-bond donors (Lipinski definition) is 2. The lowest BCUT2D eigenvalue weighted by Gasteiger charge is -2.22. The molecule has 2 aromatic heterocycles. The Morgan fingerprint density at radius 2 is 1.73 bits per heavy atom. The van der Waals surface area contributed by atoms with Gasteiger partial charge >= 0.3 is 0 Å². The molecule has 41 heavy (non-hydrogen) atoms. The van der Waals surface area contributed by atoms with E-state index in [0.717, 1.165) is 46.5 Å². The number of aromatic nitrogens is 3. The number of aldehydes is 1. The summed E-state index contributed by atoms with van der Waals surface area (Å²) in [6.07, 6.45) is 6.01. The lowest BCUT2D eigenvalue weighted by atomic mass is 9.96. The van der Waals surface area contributed by atoms with E-state index in [1.54, 1.807) is 25.6 Å². The number of aryl methyl sites for hydroxylation is 1. The summed E-state index contributed by atoms with van der Waals surface area (Å²) in [5.74, 6) is 1.03. The number of ether oxygens (including phenoxy) is 1. The molecule has 0 atom stereocenters. The van der Waals surface area contributed by atoms with Gasteiger partial charge in [-0.3, -0.25) is 4.79 Å². The number of likely N-dealkylation sites (N-methyl/N-ethyl adjacent to an activating group) is 2. The number of benzene rings is 3. The molecule has 0 unspecified atom stereocenters. The van der Waals surface area contributed by atoms with E-state index in [4.69, 9.17) is 4.74 Å². The second-order valence-electron chi connectivity index (χ2n) is 10.3. The molecule has 0 saturated heterocycles. The van der Waals surface area contributed by atoms with Gasteiger partial charge in [-0.15, -0.1) is 0 Å². The second-order valence-corrected chi connectivity index (χ2v) is 10.3. The van der Waals surface area contributed by atoms with Crippen LogP contribution in [0.3, 0.4) is 0 Å². The van der Waals surface area contributed by atoms with Crippen molar-refractivity contribution >= 4 is 34.5 Å². The fraction of sp³-hybridized carbons (Fsp3) is 0.219. The first-order chi connectivity index (χ1) is 19.8. The summed E-state index contributed by atoms with van der Waals surface area (Å²) in [4.78, 5) is 25.2. The van der Waals surface area contributed by atoms with Crippen LogP contribution in [0.1, 0.15) is 10.4 Å². The first-order valence-corrected chi connectivity index (χ1v) is 13.3. The number of nitrogens with zero attached hydrogens (tertiary/aromatic N) is 5. The maximum Gasteiger partial charge on any atom is 0.227 e. The number of phenols is 1. The summed E-state index contributed by atoms with van der Waals surface area (Å²) >= 11 is 0. The number of anilines is 3. The van der Waals surface area contributed by atoms with Crippen molar-refractivity contribution in [3.63, 3.8) is 0 Å². The van der Waals surface area contributed by atoms with Crippen molar-refractivity contribution in [3.05, 3.63) is 78.8 Å². The minimum atomic E-state index is -0.0535. The zero-order valence-corrected chi connectivity index (χ0v) is 23.9. The van der Waals surface area contributed by atoms with Gasteiger partial charge in [-0.2, -0.15) is 0 Å². The van der Waals surface area contributed by atoms with Gasteiger partial charge in [-0.1, -0.05) is 18.2 Å². The molecule has 3 aromatic carbocycles. The van der Waals surface area contributed by atoms with E-state index >= 15 is 0 Å². The van der Waals surface area contributed by atoms with Gasteiger partial charge in [0.1, 0.15) is 11.5 Å². The van der Waals surface area contributed by atoms with Crippen molar-refractivity contribution in [2.24, 2.45) is 7.05 Å². The highest BCUT2D eigenvalue weighted by Gasteiger charge is 2.17. The molecule has 0 aliphatic heterocycles. The molecular formula is C32H34N6O3. The molecule has 0 saturated carbocycles. The molecule has 0 spiro atoms. The molecule has 0 fully saturated rings. The molecular weight excluding hydrogens is 516 g/mol. The molecule has 5 aromatic rings. The van der Waals surface area contributed by atoms with Crippen LogP contribution < -0.4 is 15.0 Å². The van der Waals surface area contributed by atoms with E-state index < -0.39 is 0 Å². The van der Waals surface area contributed by atoms with Crippen LogP contribution in [0.2, 0.25) is 0 Å². The molecule has 2 heterocycles. The predicted molar refractivity (Wildman–Crippen MR) is 165 cm³/mol. The maximum absolute atomic E-state index is 11.9. The topological polar surface area (TPSA) is 95.8 Å². The Bertz CT molecular complexity index is 1690.